The number of hydrogen-bond donors (Lipinski definition) is 1. The molecule has 1 N–H and O–H groups in total. The number of rotatable bonds is 1. The summed E-state index contributed by atoms with van der Waals surface area (Å²) in [5.74, 6) is -0.349. The molecule has 0 radical (unpaired) electrons. The van der Waals surface area contributed by atoms with Crippen LogP contribution >= 0.6 is 0 Å². The van der Waals surface area contributed by atoms with E-state index in [1.54, 1.807) is 19.1 Å². The number of benzene rings is 1. The Morgan fingerprint density at radius 3 is 2.79 bits per heavy atom. The lowest BCUT2D eigenvalue weighted by Gasteiger charge is -2.04. The van der Waals surface area contributed by atoms with Gasteiger partial charge in [0.05, 0.1) is 6.26 Å². The second kappa shape index (κ2) is 3.18. The highest BCUT2D eigenvalue weighted by molar-refractivity contribution is 5.63. The fraction of sp³-hybridized carbons (Fsp3) is 0.0909. The van der Waals surface area contributed by atoms with Gasteiger partial charge in [0.15, 0.2) is 11.6 Å². The summed E-state index contributed by atoms with van der Waals surface area (Å²) in [4.78, 5) is 0. The lowest BCUT2D eigenvalue weighted by Crippen LogP contribution is -1.84. The zero-order valence-corrected chi connectivity index (χ0v) is 7.62. The highest BCUT2D eigenvalue weighted by Crippen LogP contribution is 2.29. The van der Waals surface area contributed by atoms with Crippen molar-refractivity contribution in [1.82, 2.24) is 0 Å². The van der Waals surface area contributed by atoms with Crippen molar-refractivity contribution >= 4 is 0 Å². The van der Waals surface area contributed by atoms with Crippen molar-refractivity contribution in [2.45, 2.75) is 6.92 Å². The third kappa shape index (κ3) is 1.37. The molecule has 0 saturated heterocycles. The van der Waals surface area contributed by atoms with Gasteiger partial charge < -0.3 is 9.52 Å². The molecular weight excluding hydrogens is 183 g/mol. The minimum atomic E-state index is -0.613. The molecule has 0 aliphatic carbocycles. The van der Waals surface area contributed by atoms with Crippen LogP contribution in [-0.4, -0.2) is 5.11 Å². The summed E-state index contributed by atoms with van der Waals surface area (Å²) in [6.45, 7) is 1.76. The molecule has 1 aromatic heterocycles. The van der Waals surface area contributed by atoms with Crippen molar-refractivity contribution in [3.63, 3.8) is 0 Å². The quantitative estimate of drug-likeness (QED) is 0.753. The van der Waals surface area contributed by atoms with Gasteiger partial charge >= 0.3 is 0 Å². The molecule has 14 heavy (non-hydrogen) atoms. The van der Waals surface area contributed by atoms with Crippen LogP contribution in [0.5, 0.6) is 5.75 Å². The Hall–Kier alpha value is -1.77. The van der Waals surface area contributed by atoms with Crippen LogP contribution in [-0.2, 0) is 0 Å². The maximum Gasteiger partial charge on any atom is 0.165 e. The third-order valence-electron chi connectivity index (χ3n) is 2.08. The summed E-state index contributed by atoms with van der Waals surface area (Å²) in [7, 11) is 0. The SMILES string of the molecule is Cc1cc(F)c(O)cc1-c1ccco1. The van der Waals surface area contributed by atoms with Gasteiger partial charge in [-0.25, -0.2) is 4.39 Å². The Labute approximate surface area is 80.6 Å². The van der Waals surface area contributed by atoms with Crippen LogP contribution in [0.4, 0.5) is 4.39 Å². The molecule has 0 aliphatic heterocycles. The molecule has 0 spiro atoms. The minimum Gasteiger partial charge on any atom is -0.505 e. The normalized spacial score (nSPS) is 10.4. The molecule has 0 saturated carbocycles. The van der Waals surface area contributed by atoms with Crippen LogP contribution in [0.2, 0.25) is 0 Å². The molecule has 2 aromatic rings. The van der Waals surface area contributed by atoms with Crippen molar-refractivity contribution < 1.29 is 13.9 Å². The number of furan rings is 1. The van der Waals surface area contributed by atoms with Crippen molar-refractivity contribution in [2.24, 2.45) is 0 Å². The fourth-order valence-corrected chi connectivity index (χ4v) is 1.36. The van der Waals surface area contributed by atoms with Crippen LogP contribution in [0.25, 0.3) is 11.3 Å². The predicted molar refractivity (Wildman–Crippen MR) is 50.5 cm³/mol. The first kappa shape index (κ1) is 8.81. The van der Waals surface area contributed by atoms with Crippen molar-refractivity contribution in [3.8, 4) is 17.1 Å². The number of hydrogen-bond acceptors (Lipinski definition) is 2. The summed E-state index contributed by atoms with van der Waals surface area (Å²) in [5.41, 5.74) is 1.43. The molecule has 2 rings (SSSR count). The maximum absolute atomic E-state index is 12.9. The summed E-state index contributed by atoms with van der Waals surface area (Å²) >= 11 is 0. The smallest absolute Gasteiger partial charge is 0.165 e. The molecule has 0 unspecified atom stereocenters. The zero-order valence-electron chi connectivity index (χ0n) is 7.62. The predicted octanol–water partition coefficient (Wildman–Crippen LogP) is 3.10. The molecule has 0 amide bonds. The zero-order chi connectivity index (χ0) is 10.1. The first-order valence-electron chi connectivity index (χ1n) is 4.21. The summed E-state index contributed by atoms with van der Waals surface area (Å²) in [6, 6.07) is 6.16. The van der Waals surface area contributed by atoms with Crippen LogP contribution in [0.3, 0.4) is 0 Å². The Kier molecular flexibility index (Phi) is 2.00. The fourth-order valence-electron chi connectivity index (χ4n) is 1.36. The third-order valence-corrected chi connectivity index (χ3v) is 2.08. The summed E-state index contributed by atoms with van der Waals surface area (Å²) < 4.78 is 18.1. The van der Waals surface area contributed by atoms with Gasteiger partial charge in [-0.15, -0.1) is 0 Å². The number of phenolic OH excluding ortho intramolecular Hbond substituents is 1. The van der Waals surface area contributed by atoms with E-state index in [4.69, 9.17) is 4.42 Å². The van der Waals surface area contributed by atoms with Crippen molar-refractivity contribution in [3.05, 3.63) is 41.9 Å². The highest BCUT2D eigenvalue weighted by Gasteiger charge is 2.09. The molecule has 1 aromatic carbocycles. The molecular formula is C11H9FO2. The van der Waals surface area contributed by atoms with E-state index in [0.29, 0.717) is 11.3 Å². The van der Waals surface area contributed by atoms with Gasteiger partial charge in [-0.3, -0.25) is 0 Å². The average Bonchev–Trinajstić information content (AvgIpc) is 2.64. The van der Waals surface area contributed by atoms with Gasteiger partial charge in [0.2, 0.25) is 0 Å². The van der Waals surface area contributed by atoms with Gasteiger partial charge in [0.25, 0.3) is 0 Å². The maximum atomic E-state index is 12.9. The van der Waals surface area contributed by atoms with Crippen LogP contribution in [0.1, 0.15) is 5.56 Å². The monoisotopic (exact) mass is 192 g/mol. The number of aromatic hydroxyl groups is 1. The second-order valence-electron chi connectivity index (χ2n) is 3.10. The molecule has 1 heterocycles. The van der Waals surface area contributed by atoms with Crippen LogP contribution in [0, 0.1) is 12.7 Å². The van der Waals surface area contributed by atoms with Crippen molar-refractivity contribution in [2.75, 3.05) is 0 Å². The van der Waals surface area contributed by atoms with Gasteiger partial charge in [0.1, 0.15) is 5.76 Å². The Morgan fingerprint density at radius 1 is 1.36 bits per heavy atom. The average molecular weight is 192 g/mol. The highest BCUT2D eigenvalue weighted by atomic mass is 19.1. The molecule has 72 valence electrons. The van der Waals surface area contributed by atoms with Gasteiger partial charge in [0, 0.05) is 5.56 Å². The Balaban J connectivity index is 2.60. The summed E-state index contributed by atoms with van der Waals surface area (Å²) in [5, 5.41) is 9.21. The first-order chi connectivity index (χ1) is 6.68. The van der Waals surface area contributed by atoms with E-state index in [2.05, 4.69) is 0 Å². The standard InChI is InChI=1S/C11H9FO2/c1-7-5-9(12)10(13)6-8(7)11-3-2-4-14-11/h2-6,13H,1H3. The van der Waals surface area contributed by atoms with E-state index in [-0.39, 0.29) is 5.75 Å². The largest absolute Gasteiger partial charge is 0.505 e. The Bertz CT molecular complexity index is 447. The molecule has 0 fully saturated rings. The second-order valence-corrected chi connectivity index (χ2v) is 3.10. The van der Waals surface area contributed by atoms with Crippen molar-refractivity contribution in [1.29, 1.82) is 0 Å². The van der Waals surface area contributed by atoms with Gasteiger partial charge in [-0.2, -0.15) is 0 Å². The minimum absolute atomic E-state index is 0.359. The van der Waals surface area contributed by atoms with Crippen LogP contribution < -0.4 is 0 Å². The lowest BCUT2D eigenvalue weighted by molar-refractivity contribution is 0.432. The van der Waals surface area contributed by atoms with E-state index in [1.807, 2.05) is 0 Å². The molecule has 0 atom stereocenters. The van der Waals surface area contributed by atoms with E-state index in [9.17, 15) is 9.50 Å². The first-order valence-corrected chi connectivity index (χ1v) is 4.21. The molecule has 0 bridgehead atoms. The Morgan fingerprint density at radius 2 is 2.14 bits per heavy atom. The number of phenols is 1. The van der Waals surface area contributed by atoms with E-state index >= 15 is 0 Å². The number of aryl methyl sites for hydroxylation is 1. The van der Waals surface area contributed by atoms with Crippen LogP contribution in [0.15, 0.2) is 34.9 Å². The molecule has 0 aliphatic rings. The lowest BCUT2D eigenvalue weighted by atomic mass is 10.1. The van der Waals surface area contributed by atoms with Gasteiger partial charge in [-0.05, 0) is 36.8 Å². The van der Waals surface area contributed by atoms with E-state index in [0.717, 1.165) is 5.56 Å². The molecule has 3 heteroatoms. The molecule has 2 nitrogen and oxygen atoms in total. The van der Waals surface area contributed by atoms with E-state index < -0.39 is 5.82 Å². The topological polar surface area (TPSA) is 33.4 Å². The van der Waals surface area contributed by atoms with Gasteiger partial charge in [-0.1, -0.05) is 0 Å². The van der Waals surface area contributed by atoms with E-state index in [1.165, 1.54) is 18.4 Å². The summed E-state index contributed by atoms with van der Waals surface area (Å²) in [6.07, 6.45) is 1.54. The number of halogens is 1.